The number of ether oxygens (including phenoxy) is 1. The van der Waals surface area contributed by atoms with Crippen molar-refractivity contribution in [3.63, 3.8) is 0 Å². The minimum Gasteiger partial charge on any atom is -0.465 e. The number of thioether (sulfide) groups is 1. The highest BCUT2D eigenvalue weighted by atomic mass is 32.2. The summed E-state index contributed by atoms with van der Waals surface area (Å²) in [6.45, 7) is 9.47. The molecule has 0 aromatic heterocycles. The first-order valence-electron chi connectivity index (χ1n) is 9.13. The van der Waals surface area contributed by atoms with Crippen molar-refractivity contribution in [2.75, 3.05) is 12.4 Å². The number of rotatable bonds is 10. The van der Waals surface area contributed by atoms with Gasteiger partial charge in [0.25, 0.3) is 0 Å². The van der Waals surface area contributed by atoms with Gasteiger partial charge in [-0.15, -0.1) is 11.8 Å². The van der Waals surface area contributed by atoms with Crippen LogP contribution in [0.25, 0.3) is 0 Å². The van der Waals surface area contributed by atoms with Crippen LogP contribution in [0.15, 0.2) is 12.2 Å². The lowest BCUT2D eigenvalue weighted by Crippen LogP contribution is -2.37. The molecule has 134 valence electrons. The lowest BCUT2D eigenvalue weighted by Gasteiger charge is -2.33. The number of esters is 1. The smallest absolute Gasteiger partial charge is 0.323 e. The SMILES string of the molecule is CCCCCCOC(=O)[C@@H](N)CSC1(C)C=CC(C(C)C)CC1. The van der Waals surface area contributed by atoms with Crippen LogP contribution in [0.1, 0.15) is 66.2 Å². The number of carbonyl (C=O) groups is 1. The molecular formula is C19H35NO2S. The van der Waals surface area contributed by atoms with Crippen molar-refractivity contribution in [1.29, 1.82) is 0 Å². The van der Waals surface area contributed by atoms with Gasteiger partial charge in [0.2, 0.25) is 0 Å². The van der Waals surface area contributed by atoms with E-state index in [1.807, 2.05) is 0 Å². The van der Waals surface area contributed by atoms with Crippen LogP contribution < -0.4 is 5.73 Å². The normalized spacial score (nSPS) is 25.6. The molecule has 1 aliphatic rings. The summed E-state index contributed by atoms with van der Waals surface area (Å²) in [5, 5.41) is 0. The Balaban J connectivity index is 2.28. The molecule has 1 rings (SSSR count). The minimum absolute atomic E-state index is 0.102. The predicted molar refractivity (Wildman–Crippen MR) is 101 cm³/mol. The second-order valence-electron chi connectivity index (χ2n) is 7.26. The van der Waals surface area contributed by atoms with Gasteiger partial charge in [-0.3, -0.25) is 4.79 Å². The van der Waals surface area contributed by atoms with Gasteiger partial charge in [-0.25, -0.2) is 0 Å². The van der Waals surface area contributed by atoms with Crippen LogP contribution in [0.4, 0.5) is 0 Å². The summed E-state index contributed by atoms with van der Waals surface area (Å²) in [6.07, 6.45) is 11.5. The Morgan fingerprint density at radius 2 is 2.13 bits per heavy atom. The van der Waals surface area contributed by atoms with E-state index in [0.29, 0.717) is 24.2 Å². The van der Waals surface area contributed by atoms with E-state index in [4.69, 9.17) is 10.5 Å². The summed E-state index contributed by atoms with van der Waals surface area (Å²) in [6, 6.07) is -0.515. The van der Waals surface area contributed by atoms with Crippen molar-refractivity contribution in [2.24, 2.45) is 17.6 Å². The zero-order valence-corrected chi connectivity index (χ0v) is 16.2. The van der Waals surface area contributed by atoms with Crippen LogP contribution in [-0.2, 0) is 9.53 Å². The highest BCUT2D eigenvalue weighted by molar-refractivity contribution is 8.00. The summed E-state index contributed by atoms with van der Waals surface area (Å²) >= 11 is 1.78. The van der Waals surface area contributed by atoms with Gasteiger partial charge in [0.05, 0.1) is 6.61 Å². The van der Waals surface area contributed by atoms with E-state index in [1.54, 1.807) is 11.8 Å². The van der Waals surface area contributed by atoms with Crippen LogP contribution in [0.3, 0.4) is 0 Å². The minimum atomic E-state index is -0.515. The third kappa shape index (κ3) is 7.75. The lowest BCUT2D eigenvalue weighted by atomic mass is 9.83. The topological polar surface area (TPSA) is 52.3 Å². The maximum absolute atomic E-state index is 11.9. The molecule has 4 heteroatoms. The van der Waals surface area contributed by atoms with Crippen molar-refractivity contribution in [3.8, 4) is 0 Å². The van der Waals surface area contributed by atoms with Crippen molar-refractivity contribution in [2.45, 2.75) is 77.0 Å². The first kappa shape index (κ1) is 20.6. The summed E-state index contributed by atoms with van der Waals surface area (Å²) < 4.78 is 5.38. The first-order valence-corrected chi connectivity index (χ1v) is 10.1. The molecule has 0 bridgehead atoms. The number of hydrogen-bond acceptors (Lipinski definition) is 4. The van der Waals surface area contributed by atoms with E-state index < -0.39 is 6.04 Å². The van der Waals surface area contributed by atoms with E-state index in [0.717, 1.165) is 19.3 Å². The van der Waals surface area contributed by atoms with Crippen molar-refractivity contribution >= 4 is 17.7 Å². The Bertz CT molecular complexity index is 384. The van der Waals surface area contributed by atoms with E-state index in [2.05, 4.69) is 39.8 Å². The van der Waals surface area contributed by atoms with Gasteiger partial charge in [0, 0.05) is 10.5 Å². The van der Waals surface area contributed by atoms with Crippen LogP contribution >= 0.6 is 11.8 Å². The Labute approximate surface area is 146 Å². The highest BCUT2D eigenvalue weighted by Gasteiger charge is 2.29. The van der Waals surface area contributed by atoms with Gasteiger partial charge in [-0.05, 0) is 38.0 Å². The van der Waals surface area contributed by atoms with Gasteiger partial charge < -0.3 is 10.5 Å². The molecule has 0 aliphatic heterocycles. The molecule has 0 spiro atoms. The molecule has 0 saturated heterocycles. The number of nitrogens with two attached hydrogens (primary N) is 1. The highest BCUT2D eigenvalue weighted by Crippen LogP contribution is 2.39. The van der Waals surface area contributed by atoms with Crippen molar-refractivity contribution < 1.29 is 9.53 Å². The van der Waals surface area contributed by atoms with E-state index in [-0.39, 0.29) is 10.7 Å². The zero-order valence-electron chi connectivity index (χ0n) is 15.3. The quantitative estimate of drug-likeness (QED) is 0.360. The van der Waals surface area contributed by atoms with Gasteiger partial charge in [0.15, 0.2) is 0 Å². The molecule has 1 aliphatic carbocycles. The second kappa shape index (κ2) is 10.4. The van der Waals surface area contributed by atoms with Crippen LogP contribution in [0.5, 0.6) is 0 Å². The fourth-order valence-corrected chi connectivity index (χ4v) is 3.93. The van der Waals surface area contributed by atoms with Gasteiger partial charge in [-0.2, -0.15) is 0 Å². The molecule has 3 nitrogen and oxygen atoms in total. The van der Waals surface area contributed by atoms with Crippen molar-refractivity contribution in [3.05, 3.63) is 12.2 Å². The summed E-state index contributed by atoms with van der Waals surface area (Å²) in [4.78, 5) is 11.9. The second-order valence-corrected chi connectivity index (χ2v) is 8.82. The van der Waals surface area contributed by atoms with Crippen LogP contribution in [-0.4, -0.2) is 29.1 Å². The molecule has 0 saturated carbocycles. The molecule has 3 atom stereocenters. The molecule has 0 aromatic carbocycles. The molecule has 0 aromatic rings. The molecule has 0 fully saturated rings. The van der Waals surface area contributed by atoms with Gasteiger partial charge in [-0.1, -0.05) is 52.2 Å². The molecule has 2 unspecified atom stereocenters. The largest absolute Gasteiger partial charge is 0.465 e. The molecular weight excluding hydrogens is 306 g/mol. The summed E-state index contributed by atoms with van der Waals surface area (Å²) in [5.41, 5.74) is 5.99. The maximum atomic E-state index is 11.9. The summed E-state index contributed by atoms with van der Waals surface area (Å²) in [5.74, 6) is 1.76. The zero-order chi connectivity index (χ0) is 17.3. The molecule has 0 heterocycles. The van der Waals surface area contributed by atoms with Crippen molar-refractivity contribution in [1.82, 2.24) is 0 Å². The van der Waals surface area contributed by atoms with Gasteiger partial charge >= 0.3 is 5.97 Å². The Kier molecular flexibility index (Phi) is 9.30. The van der Waals surface area contributed by atoms with Gasteiger partial charge in [0.1, 0.15) is 6.04 Å². The summed E-state index contributed by atoms with van der Waals surface area (Å²) in [7, 11) is 0. The Hall–Kier alpha value is -0.480. The van der Waals surface area contributed by atoms with E-state index >= 15 is 0 Å². The average molecular weight is 342 g/mol. The predicted octanol–water partition coefficient (Wildman–Crippen LogP) is 4.55. The molecule has 0 radical (unpaired) electrons. The van der Waals surface area contributed by atoms with Crippen LogP contribution in [0, 0.1) is 11.8 Å². The van der Waals surface area contributed by atoms with E-state index in [9.17, 15) is 4.79 Å². The van der Waals surface area contributed by atoms with Crippen LogP contribution in [0.2, 0.25) is 0 Å². The fraction of sp³-hybridized carbons (Fsp3) is 0.842. The fourth-order valence-electron chi connectivity index (χ4n) is 2.79. The maximum Gasteiger partial charge on any atom is 0.323 e. The Morgan fingerprint density at radius 1 is 1.39 bits per heavy atom. The Morgan fingerprint density at radius 3 is 2.70 bits per heavy atom. The molecule has 23 heavy (non-hydrogen) atoms. The third-order valence-electron chi connectivity index (χ3n) is 4.66. The third-order valence-corrected chi connectivity index (χ3v) is 6.19. The van der Waals surface area contributed by atoms with E-state index in [1.165, 1.54) is 19.3 Å². The lowest BCUT2D eigenvalue weighted by molar-refractivity contribution is -0.144. The number of carbonyl (C=O) groups excluding carboxylic acids is 1. The standard InChI is InChI=1S/C19H35NO2S/c1-5-6-7-8-13-22-18(21)17(20)14-23-19(4)11-9-16(10-12-19)15(2)3/h9,11,15-17H,5-8,10,12-14,20H2,1-4H3/t16?,17-,19?/m0/s1. The first-order chi connectivity index (χ1) is 10.9. The monoisotopic (exact) mass is 341 g/mol. The molecule has 2 N–H and O–H groups in total. The number of unbranched alkanes of at least 4 members (excludes halogenated alkanes) is 3. The number of hydrogen-bond donors (Lipinski definition) is 1. The molecule has 0 amide bonds. The average Bonchev–Trinajstić information content (AvgIpc) is 2.52. The number of allylic oxidation sites excluding steroid dienone is 1.